The fraction of sp³-hybridized carbons (Fsp3) is 0.533. The Hall–Kier alpha value is -1.71. The van der Waals surface area contributed by atoms with Gasteiger partial charge in [0.15, 0.2) is 0 Å². The van der Waals surface area contributed by atoms with Crippen molar-refractivity contribution in [3.63, 3.8) is 0 Å². The molecule has 1 saturated heterocycles. The summed E-state index contributed by atoms with van der Waals surface area (Å²) in [6.07, 6.45) is 2.19. The summed E-state index contributed by atoms with van der Waals surface area (Å²) in [5, 5.41) is 3.04. The Bertz CT molecular complexity index is 439. The van der Waals surface area contributed by atoms with Crippen LogP contribution < -0.4 is 11.1 Å². The van der Waals surface area contributed by atoms with Crippen molar-refractivity contribution in [3.8, 4) is 0 Å². The third-order valence-corrected chi connectivity index (χ3v) is 3.82. The van der Waals surface area contributed by atoms with Crippen LogP contribution in [0.25, 0.3) is 0 Å². The van der Waals surface area contributed by atoms with Gasteiger partial charge in [-0.15, -0.1) is 0 Å². The third kappa shape index (κ3) is 3.63. The number of hydrogen-bond donors (Lipinski definition) is 2. The quantitative estimate of drug-likeness (QED) is 0.804. The van der Waals surface area contributed by atoms with Crippen LogP contribution in [0.3, 0.4) is 0 Å². The number of nitrogen functional groups attached to an aromatic ring is 1. The number of nitrogens with zero attached hydrogens (tertiary/aromatic N) is 1. The summed E-state index contributed by atoms with van der Waals surface area (Å²) in [7, 11) is 0. The number of amides is 2. The largest absolute Gasteiger partial charge is 0.399 e. The predicted octanol–water partition coefficient (Wildman–Crippen LogP) is 2.77. The number of benzene rings is 1. The summed E-state index contributed by atoms with van der Waals surface area (Å²) in [5.74, 6) is 0.732. The van der Waals surface area contributed by atoms with Gasteiger partial charge in [0, 0.05) is 18.8 Å². The van der Waals surface area contributed by atoms with Gasteiger partial charge in [-0.3, -0.25) is 0 Å². The van der Waals surface area contributed by atoms with E-state index >= 15 is 0 Å². The fourth-order valence-corrected chi connectivity index (χ4v) is 2.40. The lowest BCUT2D eigenvalue weighted by molar-refractivity contribution is 0.171. The summed E-state index contributed by atoms with van der Waals surface area (Å²) in [6, 6.07) is 7.67. The first-order valence-corrected chi connectivity index (χ1v) is 6.97. The zero-order chi connectivity index (χ0) is 13.8. The van der Waals surface area contributed by atoms with Crippen molar-refractivity contribution in [2.45, 2.75) is 32.7 Å². The van der Waals surface area contributed by atoms with E-state index in [0.29, 0.717) is 0 Å². The van der Waals surface area contributed by atoms with Gasteiger partial charge < -0.3 is 16.0 Å². The van der Waals surface area contributed by atoms with Crippen LogP contribution in [0.4, 0.5) is 10.5 Å². The maximum absolute atomic E-state index is 12.2. The molecule has 4 heteroatoms. The molecular weight excluding hydrogens is 238 g/mol. The van der Waals surface area contributed by atoms with E-state index in [2.05, 4.69) is 12.2 Å². The van der Waals surface area contributed by atoms with Crippen molar-refractivity contribution in [1.82, 2.24) is 10.2 Å². The first-order valence-electron chi connectivity index (χ1n) is 6.97. The van der Waals surface area contributed by atoms with Crippen molar-refractivity contribution in [2.24, 2.45) is 5.92 Å². The van der Waals surface area contributed by atoms with Gasteiger partial charge >= 0.3 is 6.03 Å². The summed E-state index contributed by atoms with van der Waals surface area (Å²) < 4.78 is 0. The SMILES string of the molecule is CC1CCN(C(=O)NC(C)c2cccc(N)c2)CC1. The zero-order valence-corrected chi connectivity index (χ0v) is 11.7. The normalized spacial score (nSPS) is 18.1. The van der Waals surface area contributed by atoms with Crippen LogP contribution in [0.2, 0.25) is 0 Å². The lowest BCUT2D eigenvalue weighted by Gasteiger charge is -2.31. The van der Waals surface area contributed by atoms with Crippen LogP contribution in [0.1, 0.15) is 38.3 Å². The monoisotopic (exact) mass is 261 g/mol. The van der Waals surface area contributed by atoms with Gasteiger partial charge in [-0.2, -0.15) is 0 Å². The van der Waals surface area contributed by atoms with Gasteiger partial charge in [-0.25, -0.2) is 4.79 Å². The second kappa shape index (κ2) is 5.95. The molecule has 4 nitrogen and oxygen atoms in total. The molecule has 104 valence electrons. The molecule has 1 heterocycles. The molecule has 1 aromatic carbocycles. The second-order valence-corrected chi connectivity index (χ2v) is 5.51. The number of likely N-dealkylation sites (tertiary alicyclic amines) is 1. The molecule has 2 amide bonds. The lowest BCUT2D eigenvalue weighted by atomic mass is 9.99. The first-order chi connectivity index (χ1) is 9.06. The van der Waals surface area contributed by atoms with E-state index in [9.17, 15) is 4.79 Å². The Morgan fingerprint density at radius 1 is 1.42 bits per heavy atom. The van der Waals surface area contributed by atoms with Crippen molar-refractivity contribution < 1.29 is 4.79 Å². The number of rotatable bonds is 2. The number of carbonyl (C=O) groups excluding carboxylic acids is 1. The van der Waals surface area contributed by atoms with E-state index in [1.54, 1.807) is 0 Å². The van der Waals surface area contributed by atoms with Gasteiger partial charge in [-0.1, -0.05) is 19.1 Å². The number of piperidine rings is 1. The summed E-state index contributed by atoms with van der Waals surface area (Å²) in [5.41, 5.74) is 7.53. The van der Waals surface area contributed by atoms with Crippen molar-refractivity contribution in [1.29, 1.82) is 0 Å². The maximum atomic E-state index is 12.2. The van der Waals surface area contributed by atoms with E-state index in [0.717, 1.165) is 43.1 Å². The van der Waals surface area contributed by atoms with E-state index in [1.807, 2.05) is 36.1 Å². The minimum atomic E-state index is -0.0182. The second-order valence-electron chi connectivity index (χ2n) is 5.51. The van der Waals surface area contributed by atoms with Crippen LogP contribution in [0, 0.1) is 5.92 Å². The molecule has 1 fully saturated rings. The van der Waals surface area contributed by atoms with E-state index in [4.69, 9.17) is 5.73 Å². The number of urea groups is 1. The molecule has 0 radical (unpaired) electrons. The molecule has 1 atom stereocenters. The molecule has 1 aromatic rings. The van der Waals surface area contributed by atoms with Crippen molar-refractivity contribution >= 4 is 11.7 Å². The van der Waals surface area contributed by atoms with Crippen LogP contribution >= 0.6 is 0 Å². The van der Waals surface area contributed by atoms with Gasteiger partial charge in [0.05, 0.1) is 6.04 Å². The summed E-state index contributed by atoms with van der Waals surface area (Å²) in [6.45, 7) is 5.94. The van der Waals surface area contributed by atoms with E-state index < -0.39 is 0 Å². The molecule has 1 aliphatic rings. The molecule has 2 rings (SSSR count). The molecule has 3 N–H and O–H groups in total. The van der Waals surface area contributed by atoms with E-state index in [1.165, 1.54) is 0 Å². The summed E-state index contributed by atoms with van der Waals surface area (Å²) in [4.78, 5) is 14.1. The van der Waals surface area contributed by atoms with Gasteiger partial charge in [0.2, 0.25) is 0 Å². The van der Waals surface area contributed by atoms with Crippen molar-refractivity contribution in [2.75, 3.05) is 18.8 Å². The predicted molar refractivity (Wildman–Crippen MR) is 77.8 cm³/mol. The molecule has 0 aromatic heterocycles. The van der Waals surface area contributed by atoms with Crippen LogP contribution in [0.5, 0.6) is 0 Å². The first kappa shape index (κ1) is 13.7. The maximum Gasteiger partial charge on any atom is 0.317 e. The number of nitrogens with one attached hydrogen (secondary N) is 1. The van der Waals surface area contributed by atoms with E-state index in [-0.39, 0.29) is 12.1 Å². The average molecular weight is 261 g/mol. The van der Waals surface area contributed by atoms with Crippen LogP contribution in [-0.4, -0.2) is 24.0 Å². The topological polar surface area (TPSA) is 58.4 Å². The Labute approximate surface area is 115 Å². The number of carbonyl (C=O) groups is 1. The highest BCUT2D eigenvalue weighted by atomic mass is 16.2. The zero-order valence-electron chi connectivity index (χ0n) is 11.7. The molecule has 0 saturated carbocycles. The highest BCUT2D eigenvalue weighted by Gasteiger charge is 2.21. The standard InChI is InChI=1S/C15H23N3O/c1-11-6-8-18(9-7-11)15(19)17-12(2)13-4-3-5-14(16)10-13/h3-5,10-12H,6-9,16H2,1-2H3,(H,17,19). The molecule has 0 spiro atoms. The molecule has 0 bridgehead atoms. The number of anilines is 1. The van der Waals surface area contributed by atoms with Crippen LogP contribution in [0.15, 0.2) is 24.3 Å². The van der Waals surface area contributed by atoms with Gasteiger partial charge in [0.1, 0.15) is 0 Å². The molecule has 1 aliphatic heterocycles. The molecular formula is C15H23N3O. The Kier molecular flexibility index (Phi) is 4.30. The molecule has 0 aliphatic carbocycles. The number of hydrogen-bond acceptors (Lipinski definition) is 2. The highest BCUT2D eigenvalue weighted by molar-refractivity contribution is 5.74. The molecule has 1 unspecified atom stereocenters. The Morgan fingerprint density at radius 2 is 2.11 bits per heavy atom. The minimum absolute atomic E-state index is 0.0182. The minimum Gasteiger partial charge on any atom is -0.399 e. The number of nitrogens with two attached hydrogens (primary N) is 1. The fourth-order valence-electron chi connectivity index (χ4n) is 2.40. The smallest absolute Gasteiger partial charge is 0.317 e. The summed E-state index contributed by atoms with van der Waals surface area (Å²) >= 11 is 0. The van der Waals surface area contributed by atoms with Crippen molar-refractivity contribution in [3.05, 3.63) is 29.8 Å². The lowest BCUT2D eigenvalue weighted by Crippen LogP contribution is -2.44. The average Bonchev–Trinajstić information content (AvgIpc) is 2.39. The third-order valence-electron chi connectivity index (χ3n) is 3.82. The molecule has 19 heavy (non-hydrogen) atoms. The Morgan fingerprint density at radius 3 is 2.74 bits per heavy atom. The highest BCUT2D eigenvalue weighted by Crippen LogP contribution is 2.18. The Balaban J connectivity index is 1.91. The van der Waals surface area contributed by atoms with Gasteiger partial charge in [0.25, 0.3) is 0 Å². The van der Waals surface area contributed by atoms with Crippen LogP contribution in [-0.2, 0) is 0 Å². The van der Waals surface area contributed by atoms with Gasteiger partial charge in [-0.05, 0) is 43.4 Å².